The van der Waals surface area contributed by atoms with E-state index in [0.29, 0.717) is 0 Å². The lowest BCUT2D eigenvalue weighted by Gasteiger charge is -2.19. The number of aromatic amines is 1. The van der Waals surface area contributed by atoms with Crippen molar-refractivity contribution in [3.05, 3.63) is 83.7 Å². The third-order valence-electron chi connectivity index (χ3n) is 5.22. The van der Waals surface area contributed by atoms with Gasteiger partial charge in [0.25, 0.3) is 0 Å². The Morgan fingerprint density at radius 2 is 1.64 bits per heavy atom. The van der Waals surface area contributed by atoms with Crippen molar-refractivity contribution in [3.8, 4) is 16.9 Å². The standard InChI is InChI=1S/C25H26N2O/c1-25(2,3)19-12-8-17(9-13-19)10-15-24-26-21-14-11-18(16-22(21)27-24)20-6-4-5-7-23(20)28/h4-9,11-14,16,28H,10,15H2,1-3H3,(H,26,27). The zero-order valence-electron chi connectivity index (χ0n) is 16.7. The van der Waals surface area contributed by atoms with Crippen LogP contribution in [0.3, 0.4) is 0 Å². The van der Waals surface area contributed by atoms with Crippen LogP contribution < -0.4 is 0 Å². The molecule has 0 aliphatic heterocycles. The summed E-state index contributed by atoms with van der Waals surface area (Å²) in [7, 11) is 0. The van der Waals surface area contributed by atoms with Gasteiger partial charge in [-0.1, -0.05) is 69.3 Å². The molecule has 4 rings (SSSR count). The molecule has 0 saturated carbocycles. The van der Waals surface area contributed by atoms with Crippen LogP contribution in [0, 0.1) is 0 Å². The Morgan fingerprint density at radius 3 is 2.36 bits per heavy atom. The second-order valence-corrected chi connectivity index (χ2v) is 8.38. The van der Waals surface area contributed by atoms with E-state index in [2.05, 4.69) is 50.0 Å². The molecule has 3 heteroatoms. The third kappa shape index (κ3) is 3.79. The van der Waals surface area contributed by atoms with E-state index >= 15 is 0 Å². The minimum Gasteiger partial charge on any atom is -0.507 e. The highest BCUT2D eigenvalue weighted by molar-refractivity contribution is 5.83. The summed E-state index contributed by atoms with van der Waals surface area (Å²) >= 11 is 0. The summed E-state index contributed by atoms with van der Waals surface area (Å²) in [6, 6.07) is 22.4. The lowest BCUT2D eigenvalue weighted by atomic mass is 9.86. The van der Waals surface area contributed by atoms with Gasteiger partial charge in [0.15, 0.2) is 0 Å². The van der Waals surface area contributed by atoms with Gasteiger partial charge in [0.1, 0.15) is 11.6 Å². The SMILES string of the molecule is CC(C)(C)c1ccc(CCc2nc3cc(-c4ccccc4O)ccc3[nH]2)cc1. The van der Waals surface area contributed by atoms with Gasteiger partial charge in [0, 0.05) is 12.0 Å². The Labute approximate surface area is 166 Å². The predicted molar refractivity (Wildman–Crippen MR) is 116 cm³/mol. The first-order valence-electron chi connectivity index (χ1n) is 9.76. The fourth-order valence-corrected chi connectivity index (χ4v) is 3.50. The second kappa shape index (κ2) is 7.16. The molecule has 0 fully saturated rings. The zero-order valence-corrected chi connectivity index (χ0v) is 16.7. The van der Waals surface area contributed by atoms with Crippen molar-refractivity contribution in [2.45, 2.75) is 39.0 Å². The molecule has 0 bridgehead atoms. The molecular formula is C25H26N2O. The molecule has 0 aliphatic rings. The topological polar surface area (TPSA) is 48.9 Å². The van der Waals surface area contributed by atoms with Gasteiger partial charge in [0.05, 0.1) is 11.0 Å². The Bertz CT molecular complexity index is 1100. The van der Waals surface area contributed by atoms with Crippen LogP contribution in [0.1, 0.15) is 37.7 Å². The van der Waals surface area contributed by atoms with E-state index in [0.717, 1.165) is 40.8 Å². The van der Waals surface area contributed by atoms with E-state index in [-0.39, 0.29) is 11.2 Å². The third-order valence-corrected chi connectivity index (χ3v) is 5.22. The number of hydrogen-bond acceptors (Lipinski definition) is 2. The number of para-hydroxylation sites is 1. The van der Waals surface area contributed by atoms with E-state index in [9.17, 15) is 5.11 Å². The number of aromatic nitrogens is 2. The maximum absolute atomic E-state index is 10.1. The number of fused-ring (bicyclic) bond motifs is 1. The van der Waals surface area contributed by atoms with E-state index in [4.69, 9.17) is 4.98 Å². The molecule has 3 nitrogen and oxygen atoms in total. The fraction of sp³-hybridized carbons (Fsp3) is 0.240. The molecule has 2 N–H and O–H groups in total. The van der Waals surface area contributed by atoms with Gasteiger partial charge in [-0.25, -0.2) is 4.98 Å². The van der Waals surface area contributed by atoms with Gasteiger partial charge >= 0.3 is 0 Å². The van der Waals surface area contributed by atoms with Crippen molar-refractivity contribution in [2.24, 2.45) is 0 Å². The average Bonchev–Trinajstić information content (AvgIpc) is 3.08. The average molecular weight is 370 g/mol. The van der Waals surface area contributed by atoms with Crippen molar-refractivity contribution < 1.29 is 5.11 Å². The van der Waals surface area contributed by atoms with Gasteiger partial charge in [-0.15, -0.1) is 0 Å². The van der Waals surface area contributed by atoms with E-state index in [1.807, 2.05) is 36.4 Å². The number of imidazole rings is 1. The van der Waals surface area contributed by atoms with Crippen molar-refractivity contribution in [1.82, 2.24) is 9.97 Å². The minimum absolute atomic E-state index is 0.183. The van der Waals surface area contributed by atoms with Crippen molar-refractivity contribution in [3.63, 3.8) is 0 Å². The van der Waals surface area contributed by atoms with E-state index in [1.165, 1.54) is 11.1 Å². The smallest absolute Gasteiger partial charge is 0.123 e. The van der Waals surface area contributed by atoms with Gasteiger partial charge in [0.2, 0.25) is 0 Å². The molecule has 142 valence electrons. The largest absolute Gasteiger partial charge is 0.507 e. The number of phenols is 1. The molecule has 0 spiro atoms. The lowest BCUT2D eigenvalue weighted by molar-refractivity contribution is 0.477. The maximum atomic E-state index is 10.1. The molecule has 0 saturated heterocycles. The van der Waals surface area contributed by atoms with Crippen LogP contribution in [0.4, 0.5) is 0 Å². The molecule has 3 aromatic carbocycles. The predicted octanol–water partition coefficient (Wildman–Crippen LogP) is 6.02. The summed E-state index contributed by atoms with van der Waals surface area (Å²) < 4.78 is 0. The minimum atomic E-state index is 0.183. The summed E-state index contributed by atoms with van der Waals surface area (Å²) in [5, 5.41) is 10.1. The molecule has 1 aromatic heterocycles. The highest BCUT2D eigenvalue weighted by atomic mass is 16.3. The molecule has 28 heavy (non-hydrogen) atoms. The fourth-order valence-electron chi connectivity index (χ4n) is 3.50. The molecule has 0 radical (unpaired) electrons. The van der Waals surface area contributed by atoms with E-state index in [1.54, 1.807) is 6.07 Å². The molecule has 0 amide bonds. The van der Waals surface area contributed by atoms with Crippen LogP contribution in [-0.4, -0.2) is 15.1 Å². The van der Waals surface area contributed by atoms with Crippen LogP contribution in [0.2, 0.25) is 0 Å². The summed E-state index contributed by atoms with van der Waals surface area (Å²) in [5.74, 6) is 1.28. The van der Waals surface area contributed by atoms with Crippen LogP contribution in [0.5, 0.6) is 5.75 Å². The number of rotatable bonds is 4. The number of nitrogens with zero attached hydrogens (tertiary/aromatic N) is 1. The zero-order chi connectivity index (χ0) is 19.7. The number of aryl methyl sites for hydroxylation is 2. The van der Waals surface area contributed by atoms with Crippen molar-refractivity contribution in [1.29, 1.82) is 0 Å². The highest BCUT2D eigenvalue weighted by Gasteiger charge is 2.13. The van der Waals surface area contributed by atoms with Crippen LogP contribution in [0.25, 0.3) is 22.2 Å². The summed E-state index contributed by atoms with van der Waals surface area (Å²) in [4.78, 5) is 8.18. The molecule has 4 aromatic rings. The molecule has 1 heterocycles. The summed E-state index contributed by atoms with van der Waals surface area (Å²) in [6.07, 6.45) is 1.83. The number of hydrogen-bond donors (Lipinski definition) is 2. The number of nitrogens with one attached hydrogen (secondary N) is 1. The highest BCUT2D eigenvalue weighted by Crippen LogP contribution is 2.30. The first-order chi connectivity index (χ1) is 13.4. The maximum Gasteiger partial charge on any atom is 0.123 e. The molecule has 0 atom stereocenters. The summed E-state index contributed by atoms with van der Waals surface area (Å²) in [6.45, 7) is 6.71. The Balaban J connectivity index is 1.51. The van der Waals surface area contributed by atoms with Gasteiger partial charge in [-0.2, -0.15) is 0 Å². The summed E-state index contributed by atoms with van der Waals surface area (Å²) in [5.41, 5.74) is 6.62. The first-order valence-corrected chi connectivity index (χ1v) is 9.76. The monoisotopic (exact) mass is 370 g/mol. The Morgan fingerprint density at radius 1 is 0.893 bits per heavy atom. The Kier molecular flexibility index (Phi) is 4.68. The van der Waals surface area contributed by atoms with Crippen LogP contribution >= 0.6 is 0 Å². The first kappa shape index (κ1) is 18.3. The Hall–Kier alpha value is -3.07. The van der Waals surface area contributed by atoms with Crippen molar-refractivity contribution >= 4 is 11.0 Å². The van der Waals surface area contributed by atoms with E-state index < -0.39 is 0 Å². The van der Waals surface area contributed by atoms with Gasteiger partial charge in [-0.3, -0.25) is 0 Å². The normalized spacial score (nSPS) is 11.8. The molecule has 0 unspecified atom stereocenters. The number of benzene rings is 3. The number of H-pyrrole nitrogens is 1. The van der Waals surface area contributed by atoms with Crippen LogP contribution in [0.15, 0.2) is 66.7 Å². The number of phenolic OH excluding ortho intramolecular Hbond substituents is 1. The lowest BCUT2D eigenvalue weighted by Crippen LogP contribution is -2.10. The van der Waals surface area contributed by atoms with Crippen molar-refractivity contribution in [2.75, 3.05) is 0 Å². The quantitative estimate of drug-likeness (QED) is 0.461. The number of aromatic hydroxyl groups is 1. The molecular weight excluding hydrogens is 344 g/mol. The second-order valence-electron chi connectivity index (χ2n) is 8.38. The van der Waals surface area contributed by atoms with Gasteiger partial charge < -0.3 is 10.1 Å². The van der Waals surface area contributed by atoms with Crippen LogP contribution in [-0.2, 0) is 18.3 Å². The molecule has 0 aliphatic carbocycles. The van der Waals surface area contributed by atoms with Gasteiger partial charge in [-0.05, 0) is 46.7 Å².